The Balaban J connectivity index is 1.68. The zero-order valence-corrected chi connectivity index (χ0v) is 14.3. The van der Waals surface area contributed by atoms with E-state index in [2.05, 4.69) is 10.4 Å². The average molecular weight is 355 g/mol. The molecule has 0 saturated carbocycles. The Morgan fingerprint density at radius 3 is 2.65 bits per heavy atom. The molecule has 0 bridgehead atoms. The van der Waals surface area contributed by atoms with Crippen molar-refractivity contribution in [2.24, 2.45) is 0 Å². The summed E-state index contributed by atoms with van der Waals surface area (Å²) in [6, 6.07) is 14.4. The van der Waals surface area contributed by atoms with E-state index in [0.717, 1.165) is 10.2 Å². The molecule has 1 heterocycles. The van der Waals surface area contributed by atoms with Crippen molar-refractivity contribution in [3.8, 4) is 11.8 Å². The predicted molar refractivity (Wildman–Crippen MR) is 93.6 cm³/mol. The normalized spacial score (nSPS) is 10.4. The van der Waals surface area contributed by atoms with Gasteiger partial charge in [-0.05, 0) is 36.2 Å². The molecule has 0 fully saturated rings. The number of hydrogen-bond donors (Lipinski definition) is 1. The Morgan fingerprint density at radius 1 is 1.23 bits per heavy atom. The van der Waals surface area contributed by atoms with Crippen LogP contribution in [0.15, 0.2) is 57.7 Å². The SMILES string of the molecule is COc1nn(-c2ccc(NC(=O)OCc3ccccc3)cc2C)c(=O)o1. The average Bonchev–Trinajstić information content (AvgIpc) is 3.02. The van der Waals surface area contributed by atoms with Crippen molar-refractivity contribution in [1.82, 2.24) is 9.78 Å². The monoisotopic (exact) mass is 355 g/mol. The molecular weight excluding hydrogens is 338 g/mol. The lowest BCUT2D eigenvalue weighted by atomic mass is 10.2. The van der Waals surface area contributed by atoms with Crippen LogP contribution < -0.4 is 15.8 Å². The van der Waals surface area contributed by atoms with Gasteiger partial charge in [0.15, 0.2) is 0 Å². The Kier molecular flexibility index (Phi) is 5.02. The van der Waals surface area contributed by atoms with E-state index in [-0.39, 0.29) is 12.7 Å². The largest absolute Gasteiger partial charge is 0.452 e. The first kappa shape index (κ1) is 17.3. The summed E-state index contributed by atoms with van der Waals surface area (Å²) in [5.41, 5.74) is 2.66. The van der Waals surface area contributed by atoms with Gasteiger partial charge in [0.1, 0.15) is 6.61 Å². The maximum atomic E-state index is 11.9. The van der Waals surface area contributed by atoms with Crippen molar-refractivity contribution >= 4 is 11.8 Å². The number of benzene rings is 2. The number of nitrogens with zero attached hydrogens (tertiary/aromatic N) is 2. The van der Waals surface area contributed by atoms with Gasteiger partial charge in [0.25, 0.3) is 0 Å². The van der Waals surface area contributed by atoms with Crippen LogP contribution in [0.3, 0.4) is 0 Å². The van der Waals surface area contributed by atoms with E-state index in [1.54, 1.807) is 25.1 Å². The first-order valence-corrected chi connectivity index (χ1v) is 7.79. The molecule has 0 atom stereocenters. The smallest absolute Gasteiger partial charge is 0.444 e. The maximum absolute atomic E-state index is 11.9. The summed E-state index contributed by atoms with van der Waals surface area (Å²) in [6.45, 7) is 1.96. The van der Waals surface area contributed by atoms with Crippen molar-refractivity contribution in [3.63, 3.8) is 0 Å². The predicted octanol–water partition coefficient (Wildman–Crippen LogP) is 2.89. The van der Waals surface area contributed by atoms with Gasteiger partial charge in [0, 0.05) is 5.69 Å². The van der Waals surface area contributed by atoms with E-state index >= 15 is 0 Å². The standard InChI is InChI=1S/C18H17N3O5/c1-12-10-14(19-16(22)25-11-13-6-4-3-5-7-13)8-9-15(12)21-18(23)26-17(20-21)24-2/h3-10H,11H2,1-2H3,(H,19,22). The lowest BCUT2D eigenvalue weighted by molar-refractivity contribution is 0.155. The number of aryl methyl sites for hydroxylation is 1. The zero-order valence-electron chi connectivity index (χ0n) is 14.3. The molecule has 1 aromatic heterocycles. The molecule has 134 valence electrons. The summed E-state index contributed by atoms with van der Waals surface area (Å²) < 4.78 is 15.9. The summed E-state index contributed by atoms with van der Waals surface area (Å²) in [6.07, 6.45) is -0.692. The fourth-order valence-corrected chi connectivity index (χ4v) is 2.34. The summed E-state index contributed by atoms with van der Waals surface area (Å²) in [4.78, 5) is 23.7. The van der Waals surface area contributed by atoms with Crippen LogP contribution in [0.25, 0.3) is 5.69 Å². The molecule has 26 heavy (non-hydrogen) atoms. The number of ether oxygens (including phenoxy) is 2. The second-order valence-electron chi connectivity index (χ2n) is 5.44. The van der Waals surface area contributed by atoms with Crippen LogP contribution >= 0.6 is 0 Å². The molecule has 8 heteroatoms. The van der Waals surface area contributed by atoms with Gasteiger partial charge in [-0.3, -0.25) is 5.32 Å². The number of anilines is 1. The van der Waals surface area contributed by atoms with Gasteiger partial charge in [-0.25, -0.2) is 9.59 Å². The highest BCUT2D eigenvalue weighted by atomic mass is 16.6. The first-order chi connectivity index (χ1) is 12.6. The molecule has 8 nitrogen and oxygen atoms in total. The Morgan fingerprint density at radius 2 is 2.00 bits per heavy atom. The molecule has 2 aromatic carbocycles. The van der Waals surface area contributed by atoms with Crippen LogP contribution in [0.4, 0.5) is 10.5 Å². The number of rotatable bonds is 5. The highest BCUT2D eigenvalue weighted by Gasteiger charge is 2.13. The van der Waals surface area contributed by atoms with Crippen molar-refractivity contribution < 1.29 is 18.7 Å². The van der Waals surface area contributed by atoms with Crippen LogP contribution in [-0.4, -0.2) is 23.0 Å². The topological polar surface area (TPSA) is 95.6 Å². The number of hydrogen-bond acceptors (Lipinski definition) is 6. The Bertz CT molecular complexity index is 962. The molecule has 3 aromatic rings. The van der Waals surface area contributed by atoms with E-state index in [1.165, 1.54) is 7.11 Å². The zero-order chi connectivity index (χ0) is 18.5. The Hall–Kier alpha value is -3.55. The third-order valence-electron chi connectivity index (χ3n) is 3.59. The third kappa shape index (κ3) is 3.92. The van der Waals surface area contributed by atoms with Gasteiger partial charge in [0.05, 0.1) is 12.8 Å². The minimum absolute atomic E-state index is 0.124. The van der Waals surface area contributed by atoms with E-state index in [1.807, 2.05) is 30.3 Å². The van der Waals surface area contributed by atoms with Crippen molar-refractivity contribution in [1.29, 1.82) is 0 Å². The molecule has 0 unspecified atom stereocenters. The number of carbonyl (C=O) groups excluding carboxylic acids is 1. The highest BCUT2D eigenvalue weighted by Crippen LogP contribution is 2.18. The fraction of sp³-hybridized carbons (Fsp3) is 0.167. The number of aromatic nitrogens is 2. The molecular formula is C18H17N3O5. The van der Waals surface area contributed by atoms with Crippen molar-refractivity contribution in [2.45, 2.75) is 13.5 Å². The minimum atomic E-state index is -0.659. The van der Waals surface area contributed by atoms with Crippen LogP contribution in [0.5, 0.6) is 6.08 Å². The lowest BCUT2D eigenvalue weighted by Gasteiger charge is -2.09. The van der Waals surface area contributed by atoms with Crippen molar-refractivity contribution in [3.05, 3.63) is 70.2 Å². The molecule has 0 saturated heterocycles. The molecule has 0 spiro atoms. The van der Waals surface area contributed by atoms with Gasteiger partial charge >= 0.3 is 17.9 Å². The molecule has 1 N–H and O–H groups in total. The maximum Gasteiger partial charge on any atom is 0.444 e. The quantitative estimate of drug-likeness (QED) is 0.756. The third-order valence-corrected chi connectivity index (χ3v) is 3.59. The molecule has 0 aliphatic rings. The number of amides is 1. The van der Waals surface area contributed by atoms with Gasteiger partial charge in [-0.2, -0.15) is 4.68 Å². The molecule has 0 radical (unpaired) electrons. The van der Waals surface area contributed by atoms with E-state index < -0.39 is 11.8 Å². The number of nitrogens with one attached hydrogen (secondary N) is 1. The molecule has 3 rings (SSSR count). The van der Waals surface area contributed by atoms with Gasteiger partial charge < -0.3 is 13.9 Å². The summed E-state index contributed by atoms with van der Waals surface area (Å²) in [5.74, 6) is -0.659. The second kappa shape index (κ2) is 7.56. The minimum Gasteiger partial charge on any atom is -0.452 e. The molecule has 0 aliphatic carbocycles. The number of carbonyl (C=O) groups is 1. The second-order valence-corrected chi connectivity index (χ2v) is 5.44. The lowest BCUT2D eigenvalue weighted by Crippen LogP contribution is -2.16. The van der Waals surface area contributed by atoms with Crippen LogP contribution in [-0.2, 0) is 11.3 Å². The van der Waals surface area contributed by atoms with Crippen LogP contribution in [0.2, 0.25) is 0 Å². The van der Waals surface area contributed by atoms with Gasteiger partial charge in [-0.1, -0.05) is 35.4 Å². The highest BCUT2D eigenvalue weighted by molar-refractivity contribution is 5.85. The van der Waals surface area contributed by atoms with Gasteiger partial charge in [-0.15, -0.1) is 0 Å². The molecule has 1 amide bonds. The first-order valence-electron chi connectivity index (χ1n) is 7.79. The number of methoxy groups -OCH3 is 1. The summed E-state index contributed by atoms with van der Waals surface area (Å²) >= 11 is 0. The summed E-state index contributed by atoms with van der Waals surface area (Å²) in [5, 5.41) is 6.56. The van der Waals surface area contributed by atoms with E-state index in [9.17, 15) is 9.59 Å². The van der Waals surface area contributed by atoms with E-state index in [4.69, 9.17) is 13.9 Å². The van der Waals surface area contributed by atoms with E-state index in [0.29, 0.717) is 16.9 Å². The summed E-state index contributed by atoms with van der Waals surface area (Å²) in [7, 11) is 1.36. The van der Waals surface area contributed by atoms with Crippen LogP contribution in [0, 0.1) is 6.92 Å². The van der Waals surface area contributed by atoms with Crippen molar-refractivity contribution in [2.75, 3.05) is 12.4 Å². The fourth-order valence-electron chi connectivity index (χ4n) is 2.34. The molecule has 0 aliphatic heterocycles. The van der Waals surface area contributed by atoms with Gasteiger partial charge in [0.2, 0.25) is 0 Å². The Labute approximate surface area is 149 Å². The van der Waals surface area contributed by atoms with Crippen LogP contribution in [0.1, 0.15) is 11.1 Å².